The van der Waals surface area contributed by atoms with Gasteiger partial charge in [-0.1, -0.05) is 53.7 Å². The Labute approximate surface area is 187 Å². The number of aromatic nitrogens is 3. The second-order valence-electron chi connectivity index (χ2n) is 7.00. The molecule has 0 aliphatic rings. The van der Waals surface area contributed by atoms with Gasteiger partial charge >= 0.3 is 0 Å². The van der Waals surface area contributed by atoms with Crippen LogP contribution in [0.3, 0.4) is 0 Å². The predicted molar refractivity (Wildman–Crippen MR) is 121 cm³/mol. The highest BCUT2D eigenvalue weighted by Gasteiger charge is 2.12. The summed E-state index contributed by atoms with van der Waals surface area (Å²) in [6, 6.07) is 21.0. The van der Waals surface area contributed by atoms with Gasteiger partial charge in [0.25, 0.3) is 5.69 Å². The Balaban J connectivity index is 1.43. The number of nitro benzene ring substituents is 1. The fraction of sp³-hybridized carbons (Fsp3) is 0.130. The highest BCUT2D eigenvalue weighted by Crippen LogP contribution is 2.27. The molecule has 1 heterocycles. The Morgan fingerprint density at radius 3 is 2.61 bits per heavy atom. The third-order valence-corrected chi connectivity index (χ3v) is 5.60. The molecule has 1 aromatic heterocycles. The van der Waals surface area contributed by atoms with Crippen molar-refractivity contribution in [3.8, 4) is 16.8 Å². The smallest absolute Gasteiger partial charge is 0.270 e. The quantitative estimate of drug-likeness (QED) is 0.254. The molecular formula is C23H19BrN4O3. The molecular weight excluding hydrogens is 460 g/mol. The van der Waals surface area contributed by atoms with Crippen LogP contribution < -0.4 is 0 Å². The Kier molecular flexibility index (Phi) is 6.20. The van der Waals surface area contributed by atoms with Crippen molar-refractivity contribution in [3.05, 3.63) is 104 Å². The Bertz CT molecular complexity index is 1220. The van der Waals surface area contributed by atoms with Crippen molar-refractivity contribution in [2.24, 2.45) is 0 Å². The van der Waals surface area contributed by atoms with Gasteiger partial charge in [-0.15, -0.1) is 5.10 Å². The average Bonchev–Trinajstić information content (AvgIpc) is 3.24. The normalized spacial score (nSPS) is 10.9. The van der Waals surface area contributed by atoms with Gasteiger partial charge in [0.15, 0.2) is 0 Å². The lowest BCUT2D eigenvalue weighted by Gasteiger charge is -2.11. The molecule has 0 N–H and O–H groups in total. The first-order valence-electron chi connectivity index (χ1n) is 9.60. The molecule has 4 rings (SSSR count). The summed E-state index contributed by atoms with van der Waals surface area (Å²) in [7, 11) is 0. The Hall–Kier alpha value is -3.36. The van der Waals surface area contributed by atoms with Gasteiger partial charge in [-0.05, 0) is 51.2 Å². The zero-order chi connectivity index (χ0) is 21.8. The molecule has 4 aromatic rings. The first-order chi connectivity index (χ1) is 15.0. The van der Waals surface area contributed by atoms with Crippen LogP contribution in [-0.4, -0.2) is 19.9 Å². The molecule has 8 heteroatoms. The molecule has 7 nitrogen and oxygen atoms in total. The van der Waals surface area contributed by atoms with Gasteiger partial charge in [-0.3, -0.25) is 10.1 Å². The molecule has 0 aliphatic heterocycles. The van der Waals surface area contributed by atoms with E-state index in [1.165, 1.54) is 28.8 Å². The SMILES string of the molecule is Cc1c(COCc2cn(-c3ccc([N+](=O)[O-])cc3Br)nn2)cccc1-c1ccccc1. The average molecular weight is 479 g/mol. The van der Waals surface area contributed by atoms with Crippen molar-refractivity contribution in [2.45, 2.75) is 20.1 Å². The lowest BCUT2D eigenvalue weighted by molar-refractivity contribution is -0.384. The minimum atomic E-state index is -0.441. The maximum atomic E-state index is 10.9. The first kappa shape index (κ1) is 20.9. The molecule has 0 unspecified atom stereocenters. The third kappa shape index (κ3) is 4.70. The highest BCUT2D eigenvalue weighted by atomic mass is 79.9. The first-order valence-corrected chi connectivity index (χ1v) is 10.4. The molecule has 0 spiro atoms. The van der Waals surface area contributed by atoms with E-state index in [1.54, 1.807) is 16.9 Å². The van der Waals surface area contributed by atoms with Crippen LogP contribution in [0.4, 0.5) is 5.69 Å². The van der Waals surface area contributed by atoms with E-state index in [2.05, 4.69) is 57.4 Å². The van der Waals surface area contributed by atoms with Gasteiger partial charge in [-0.2, -0.15) is 0 Å². The van der Waals surface area contributed by atoms with E-state index in [9.17, 15) is 10.1 Å². The zero-order valence-electron chi connectivity index (χ0n) is 16.7. The molecule has 0 radical (unpaired) electrons. The van der Waals surface area contributed by atoms with Crippen LogP contribution in [0.5, 0.6) is 0 Å². The highest BCUT2D eigenvalue weighted by molar-refractivity contribution is 9.10. The Morgan fingerprint density at radius 2 is 1.87 bits per heavy atom. The summed E-state index contributed by atoms with van der Waals surface area (Å²) in [5.41, 5.74) is 6.01. The van der Waals surface area contributed by atoms with Crippen molar-refractivity contribution in [1.29, 1.82) is 0 Å². The molecule has 0 atom stereocenters. The molecule has 0 saturated carbocycles. The van der Waals surface area contributed by atoms with Crippen molar-refractivity contribution in [3.63, 3.8) is 0 Å². The molecule has 3 aromatic carbocycles. The van der Waals surface area contributed by atoms with Crippen molar-refractivity contribution >= 4 is 21.6 Å². The van der Waals surface area contributed by atoms with Gasteiger partial charge < -0.3 is 4.74 Å². The molecule has 156 valence electrons. The topological polar surface area (TPSA) is 83.1 Å². The van der Waals surface area contributed by atoms with Crippen LogP contribution in [0.1, 0.15) is 16.8 Å². The van der Waals surface area contributed by atoms with E-state index in [-0.39, 0.29) is 5.69 Å². The maximum absolute atomic E-state index is 10.9. The molecule has 0 saturated heterocycles. The lowest BCUT2D eigenvalue weighted by Crippen LogP contribution is -1.98. The van der Waals surface area contributed by atoms with Crippen LogP contribution in [0.15, 0.2) is 77.4 Å². The van der Waals surface area contributed by atoms with Crippen molar-refractivity contribution < 1.29 is 9.66 Å². The minimum Gasteiger partial charge on any atom is -0.370 e. The fourth-order valence-electron chi connectivity index (χ4n) is 3.31. The standard InChI is InChI=1S/C23H19BrN4O3/c1-16-18(8-5-9-21(16)17-6-3-2-4-7-17)14-31-15-19-13-27(26-25-19)23-11-10-20(28(29)30)12-22(23)24/h2-13H,14-15H2,1H3. The summed E-state index contributed by atoms with van der Waals surface area (Å²) in [4.78, 5) is 10.5. The fourth-order valence-corrected chi connectivity index (χ4v) is 3.86. The van der Waals surface area contributed by atoms with E-state index in [4.69, 9.17) is 4.74 Å². The number of non-ortho nitro benzene ring substituents is 1. The summed E-state index contributed by atoms with van der Waals surface area (Å²) in [5, 5.41) is 19.1. The number of nitrogens with zero attached hydrogens (tertiary/aromatic N) is 4. The van der Waals surface area contributed by atoms with E-state index in [0.717, 1.165) is 5.56 Å². The second-order valence-corrected chi connectivity index (χ2v) is 7.85. The number of ether oxygens (including phenoxy) is 1. The van der Waals surface area contributed by atoms with Crippen LogP contribution in [0, 0.1) is 17.0 Å². The number of rotatable bonds is 7. The monoisotopic (exact) mass is 478 g/mol. The van der Waals surface area contributed by atoms with E-state index in [0.29, 0.717) is 29.1 Å². The van der Waals surface area contributed by atoms with E-state index in [1.807, 2.05) is 24.3 Å². The summed E-state index contributed by atoms with van der Waals surface area (Å²) in [6.45, 7) is 2.86. The maximum Gasteiger partial charge on any atom is 0.270 e. The van der Waals surface area contributed by atoms with Crippen LogP contribution >= 0.6 is 15.9 Å². The number of halogens is 1. The predicted octanol–water partition coefficient (Wildman–Crippen LogP) is 5.63. The van der Waals surface area contributed by atoms with Gasteiger partial charge in [0, 0.05) is 12.1 Å². The second kappa shape index (κ2) is 9.20. The number of hydrogen-bond acceptors (Lipinski definition) is 5. The largest absolute Gasteiger partial charge is 0.370 e. The zero-order valence-corrected chi connectivity index (χ0v) is 18.3. The third-order valence-electron chi connectivity index (χ3n) is 4.97. The summed E-state index contributed by atoms with van der Waals surface area (Å²) >= 11 is 3.35. The van der Waals surface area contributed by atoms with Crippen molar-refractivity contribution in [1.82, 2.24) is 15.0 Å². The van der Waals surface area contributed by atoms with Crippen molar-refractivity contribution in [2.75, 3.05) is 0 Å². The molecule has 0 amide bonds. The van der Waals surface area contributed by atoms with Crippen LogP contribution in [0.25, 0.3) is 16.8 Å². The number of hydrogen-bond donors (Lipinski definition) is 0. The van der Waals surface area contributed by atoms with Gasteiger partial charge in [0.05, 0.1) is 34.5 Å². The van der Waals surface area contributed by atoms with Gasteiger partial charge in [0.2, 0.25) is 0 Å². The van der Waals surface area contributed by atoms with Crippen LogP contribution in [0.2, 0.25) is 0 Å². The number of nitro groups is 1. The molecule has 31 heavy (non-hydrogen) atoms. The Morgan fingerprint density at radius 1 is 1.06 bits per heavy atom. The molecule has 0 bridgehead atoms. The van der Waals surface area contributed by atoms with Gasteiger partial charge in [-0.25, -0.2) is 4.68 Å². The summed E-state index contributed by atoms with van der Waals surface area (Å²) < 4.78 is 8.02. The summed E-state index contributed by atoms with van der Waals surface area (Å²) in [5.74, 6) is 0. The molecule has 0 aliphatic carbocycles. The van der Waals surface area contributed by atoms with E-state index < -0.39 is 4.92 Å². The van der Waals surface area contributed by atoms with Crippen LogP contribution in [-0.2, 0) is 18.0 Å². The minimum absolute atomic E-state index is 0.00685. The van der Waals surface area contributed by atoms with E-state index >= 15 is 0 Å². The molecule has 0 fully saturated rings. The summed E-state index contributed by atoms with van der Waals surface area (Å²) in [6.07, 6.45) is 1.75. The number of benzene rings is 3. The lowest BCUT2D eigenvalue weighted by atomic mass is 9.97. The van der Waals surface area contributed by atoms with Gasteiger partial charge in [0.1, 0.15) is 5.69 Å².